The standard InChI is InChI=1S/C15H14ClF2NO/c1-2-19-9-10-3-6-14(12(16)7-10)20-15-8-11(17)4-5-13(15)18/h3-8,19H,2,9H2,1H3. The van der Waals surface area contributed by atoms with Gasteiger partial charge in [-0.2, -0.15) is 0 Å². The molecule has 1 N–H and O–H groups in total. The highest BCUT2D eigenvalue weighted by Gasteiger charge is 2.09. The zero-order chi connectivity index (χ0) is 14.5. The van der Waals surface area contributed by atoms with Crippen LogP contribution in [-0.2, 0) is 6.54 Å². The van der Waals surface area contributed by atoms with Gasteiger partial charge in [-0.15, -0.1) is 0 Å². The summed E-state index contributed by atoms with van der Waals surface area (Å²) in [6.07, 6.45) is 0. The summed E-state index contributed by atoms with van der Waals surface area (Å²) in [7, 11) is 0. The number of benzene rings is 2. The van der Waals surface area contributed by atoms with Gasteiger partial charge in [0, 0.05) is 12.6 Å². The molecule has 0 amide bonds. The van der Waals surface area contributed by atoms with E-state index in [0.717, 1.165) is 30.3 Å². The Balaban J connectivity index is 2.19. The smallest absolute Gasteiger partial charge is 0.166 e. The van der Waals surface area contributed by atoms with Gasteiger partial charge in [0.1, 0.15) is 11.6 Å². The van der Waals surface area contributed by atoms with Crippen molar-refractivity contribution in [3.05, 3.63) is 58.6 Å². The summed E-state index contributed by atoms with van der Waals surface area (Å²) in [4.78, 5) is 0. The van der Waals surface area contributed by atoms with Crippen molar-refractivity contribution >= 4 is 11.6 Å². The van der Waals surface area contributed by atoms with Crippen LogP contribution in [0.2, 0.25) is 5.02 Å². The number of nitrogens with one attached hydrogen (secondary N) is 1. The van der Waals surface area contributed by atoms with Crippen molar-refractivity contribution in [2.24, 2.45) is 0 Å². The third-order valence-corrected chi connectivity index (χ3v) is 2.98. The highest BCUT2D eigenvalue weighted by molar-refractivity contribution is 6.32. The Hall–Kier alpha value is -1.65. The van der Waals surface area contributed by atoms with Crippen LogP contribution in [0.25, 0.3) is 0 Å². The quantitative estimate of drug-likeness (QED) is 0.876. The first-order valence-corrected chi connectivity index (χ1v) is 6.60. The fourth-order valence-corrected chi connectivity index (χ4v) is 1.92. The second kappa shape index (κ2) is 6.68. The zero-order valence-corrected chi connectivity index (χ0v) is 11.7. The first-order valence-electron chi connectivity index (χ1n) is 6.22. The molecule has 0 unspecified atom stereocenters. The molecule has 0 saturated carbocycles. The van der Waals surface area contributed by atoms with E-state index in [9.17, 15) is 8.78 Å². The first kappa shape index (κ1) is 14.8. The molecule has 0 heterocycles. The number of halogens is 3. The summed E-state index contributed by atoms with van der Waals surface area (Å²) in [6.45, 7) is 3.54. The maximum absolute atomic E-state index is 13.5. The Morgan fingerprint density at radius 2 is 1.90 bits per heavy atom. The van der Waals surface area contributed by atoms with Crippen molar-refractivity contribution in [1.82, 2.24) is 5.32 Å². The summed E-state index contributed by atoms with van der Waals surface area (Å²) in [6, 6.07) is 8.22. The maximum Gasteiger partial charge on any atom is 0.166 e. The topological polar surface area (TPSA) is 21.3 Å². The molecule has 5 heteroatoms. The Bertz CT molecular complexity index is 604. The lowest BCUT2D eigenvalue weighted by molar-refractivity contribution is 0.436. The number of hydrogen-bond acceptors (Lipinski definition) is 2. The Morgan fingerprint density at radius 1 is 1.10 bits per heavy atom. The number of ether oxygens (including phenoxy) is 1. The SMILES string of the molecule is CCNCc1ccc(Oc2cc(F)ccc2F)c(Cl)c1. The van der Waals surface area contributed by atoms with E-state index in [1.165, 1.54) is 0 Å². The molecule has 106 valence electrons. The first-order chi connectivity index (χ1) is 9.60. The van der Waals surface area contributed by atoms with Crippen LogP contribution in [0.1, 0.15) is 12.5 Å². The summed E-state index contributed by atoms with van der Waals surface area (Å²) in [5.41, 5.74) is 0.990. The molecule has 2 aromatic rings. The van der Waals surface area contributed by atoms with Gasteiger partial charge >= 0.3 is 0 Å². The third kappa shape index (κ3) is 3.68. The van der Waals surface area contributed by atoms with Crippen LogP contribution >= 0.6 is 11.6 Å². The van der Waals surface area contributed by atoms with Gasteiger partial charge in [0.25, 0.3) is 0 Å². The second-order valence-electron chi connectivity index (χ2n) is 4.22. The van der Waals surface area contributed by atoms with Crippen molar-refractivity contribution in [3.8, 4) is 11.5 Å². The van der Waals surface area contributed by atoms with Gasteiger partial charge < -0.3 is 10.1 Å². The van der Waals surface area contributed by atoms with E-state index in [0.29, 0.717) is 11.6 Å². The van der Waals surface area contributed by atoms with E-state index in [-0.39, 0.29) is 11.5 Å². The Kier molecular flexibility index (Phi) is 4.93. The van der Waals surface area contributed by atoms with E-state index < -0.39 is 11.6 Å². The highest BCUT2D eigenvalue weighted by atomic mass is 35.5. The summed E-state index contributed by atoms with van der Waals surface area (Å²) < 4.78 is 31.9. The van der Waals surface area contributed by atoms with Gasteiger partial charge in [-0.1, -0.05) is 24.6 Å². The molecule has 0 aromatic heterocycles. The van der Waals surface area contributed by atoms with E-state index in [1.807, 2.05) is 13.0 Å². The van der Waals surface area contributed by atoms with Crippen molar-refractivity contribution in [2.45, 2.75) is 13.5 Å². The van der Waals surface area contributed by atoms with E-state index in [4.69, 9.17) is 16.3 Å². The largest absolute Gasteiger partial charge is 0.453 e. The molecule has 20 heavy (non-hydrogen) atoms. The fourth-order valence-electron chi connectivity index (χ4n) is 1.68. The molecule has 0 aliphatic heterocycles. The lowest BCUT2D eigenvalue weighted by atomic mass is 10.2. The second-order valence-corrected chi connectivity index (χ2v) is 4.63. The molecule has 2 rings (SSSR count). The van der Waals surface area contributed by atoms with Gasteiger partial charge in [0.05, 0.1) is 5.02 Å². The van der Waals surface area contributed by atoms with Gasteiger partial charge in [-0.05, 0) is 36.4 Å². The van der Waals surface area contributed by atoms with Crippen LogP contribution in [-0.4, -0.2) is 6.54 Å². The van der Waals surface area contributed by atoms with Gasteiger partial charge in [0.15, 0.2) is 11.6 Å². The minimum atomic E-state index is -0.640. The molecule has 2 aromatic carbocycles. The van der Waals surface area contributed by atoms with Crippen LogP contribution in [0.5, 0.6) is 11.5 Å². The average Bonchev–Trinajstić information content (AvgIpc) is 2.43. The van der Waals surface area contributed by atoms with Gasteiger partial charge in [-0.25, -0.2) is 8.78 Å². The predicted molar refractivity (Wildman–Crippen MR) is 75.3 cm³/mol. The van der Waals surface area contributed by atoms with E-state index >= 15 is 0 Å². The Labute approximate surface area is 121 Å². The molecule has 2 nitrogen and oxygen atoms in total. The molecular formula is C15H14ClF2NO. The van der Waals surface area contributed by atoms with Gasteiger partial charge in [0.2, 0.25) is 0 Å². The molecule has 0 spiro atoms. The molecule has 0 atom stereocenters. The summed E-state index contributed by atoms with van der Waals surface area (Å²) in [5.74, 6) is -1.11. The van der Waals surface area contributed by atoms with Crippen molar-refractivity contribution < 1.29 is 13.5 Å². The van der Waals surface area contributed by atoms with E-state index in [1.54, 1.807) is 12.1 Å². The van der Waals surface area contributed by atoms with Crippen LogP contribution in [0.15, 0.2) is 36.4 Å². The Morgan fingerprint density at radius 3 is 2.60 bits per heavy atom. The zero-order valence-electron chi connectivity index (χ0n) is 10.9. The third-order valence-electron chi connectivity index (χ3n) is 2.69. The van der Waals surface area contributed by atoms with Crippen LogP contribution < -0.4 is 10.1 Å². The molecular weight excluding hydrogens is 284 g/mol. The highest BCUT2D eigenvalue weighted by Crippen LogP contribution is 2.31. The van der Waals surface area contributed by atoms with Crippen LogP contribution in [0.3, 0.4) is 0 Å². The van der Waals surface area contributed by atoms with Crippen molar-refractivity contribution in [1.29, 1.82) is 0 Å². The van der Waals surface area contributed by atoms with Crippen LogP contribution in [0, 0.1) is 11.6 Å². The lowest BCUT2D eigenvalue weighted by Gasteiger charge is -2.10. The fraction of sp³-hybridized carbons (Fsp3) is 0.200. The summed E-state index contributed by atoms with van der Waals surface area (Å²) in [5, 5.41) is 3.52. The monoisotopic (exact) mass is 297 g/mol. The average molecular weight is 298 g/mol. The minimum Gasteiger partial charge on any atom is -0.453 e. The molecule has 0 radical (unpaired) electrons. The van der Waals surface area contributed by atoms with Crippen LogP contribution in [0.4, 0.5) is 8.78 Å². The van der Waals surface area contributed by atoms with E-state index in [2.05, 4.69) is 5.32 Å². The van der Waals surface area contributed by atoms with Gasteiger partial charge in [-0.3, -0.25) is 0 Å². The molecule has 0 fully saturated rings. The van der Waals surface area contributed by atoms with Crippen molar-refractivity contribution in [2.75, 3.05) is 6.54 Å². The molecule has 0 bridgehead atoms. The summed E-state index contributed by atoms with van der Waals surface area (Å²) >= 11 is 6.08. The van der Waals surface area contributed by atoms with Crippen molar-refractivity contribution in [3.63, 3.8) is 0 Å². The maximum atomic E-state index is 13.5. The number of rotatable bonds is 5. The molecule has 0 aliphatic rings. The molecule has 0 saturated heterocycles. The normalized spacial score (nSPS) is 10.6. The molecule has 0 aliphatic carbocycles. The number of hydrogen-bond donors (Lipinski definition) is 1. The predicted octanol–water partition coefficient (Wildman–Crippen LogP) is 4.52. The minimum absolute atomic E-state index is 0.189. The lowest BCUT2D eigenvalue weighted by Crippen LogP contribution is -2.11.